The molecule has 1 aliphatic heterocycles. The molecule has 1 saturated heterocycles. The van der Waals surface area contributed by atoms with Crippen LogP contribution in [-0.4, -0.2) is 37.8 Å². The zero-order valence-electron chi connectivity index (χ0n) is 12.2. The standard InChI is InChI=1S/C14H25N3OS/c1-11-4-6-17(12(2)8-11)14-16-13(10-19-14)9-15-5-7-18-3/h10-12,15H,4-9H2,1-3H3. The van der Waals surface area contributed by atoms with Crippen LogP contribution < -0.4 is 10.2 Å². The Labute approximate surface area is 120 Å². The molecule has 5 heteroatoms. The largest absolute Gasteiger partial charge is 0.383 e. The van der Waals surface area contributed by atoms with Crippen LogP contribution in [0.4, 0.5) is 5.13 Å². The summed E-state index contributed by atoms with van der Waals surface area (Å²) in [6.07, 6.45) is 2.56. The van der Waals surface area contributed by atoms with Crippen LogP contribution in [0.2, 0.25) is 0 Å². The van der Waals surface area contributed by atoms with Crippen molar-refractivity contribution in [2.45, 2.75) is 39.3 Å². The highest BCUT2D eigenvalue weighted by molar-refractivity contribution is 7.13. The summed E-state index contributed by atoms with van der Waals surface area (Å²) in [4.78, 5) is 7.21. The molecule has 0 bridgehead atoms. The van der Waals surface area contributed by atoms with Gasteiger partial charge in [0.1, 0.15) is 0 Å². The normalized spacial score (nSPS) is 23.8. The number of thiazole rings is 1. The zero-order valence-corrected chi connectivity index (χ0v) is 13.0. The van der Waals surface area contributed by atoms with Crippen molar-refractivity contribution in [2.75, 3.05) is 31.7 Å². The number of nitrogens with one attached hydrogen (secondary N) is 1. The highest BCUT2D eigenvalue weighted by Crippen LogP contribution is 2.29. The van der Waals surface area contributed by atoms with Gasteiger partial charge >= 0.3 is 0 Å². The van der Waals surface area contributed by atoms with Gasteiger partial charge in [0.15, 0.2) is 5.13 Å². The Kier molecular flexibility index (Phi) is 5.60. The van der Waals surface area contributed by atoms with Crippen LogP contribution in [0.3, 0.4) is 0 Å². The lowest BCUT2D eigenvalue weighted by Gasteiger charge is -2.36. The maximum atomic E-state index is 5.02. The molecule has 1 fully saturated rings. The smallest absolute Gasteiger partial charge is 0.185 e. The minimum Gasteiger partial charge on any atom is -0.383 e. The molecule has 4 nitrogen and oxygen atoms in total. The van der Waals surface area contributed by atoms with E-state index in [1.807, 2.05) is 0 Å². The van der Waals surface area contributed by atoms with E-state index in [4.69, 9.17) is 9.72 Å². The summed E-state index contributed by atoms with van der Waals surface area (Å²) in [5, 5.41) is 6.69. The Bertz CT molecular complexity index is 383. The van der Waals surface area contributed by atoms with Crippen molar-refractivity contribution in [1.29, 1.82) is 0 Å². The van der Waals surface area contributed by atoms with Crippen LogP contribution >= 0.6 is 11.3 Å². The predicted molar refractivity (Wildman–Crippen MR) is 80.9 cm³/mol. The molecule has 108 valence electrons. The number of hydrogen-bond acceptors (Lipinski definition) is 5. The molecule has 1 aromatic heterocycles. The van der Waals surface area contributed by atoms with Crippen LogP contribution in [0.25, 0.3) is 0 Å². The molecule has 0 spiro atoms. The van der Waals surface area contributed by atoms with Gasteiger partial charge in [0, 0.05) is 38.2 Å². The fourth-order valence-electron chi connectivity index (χ4n) is 2.59. The van der Waals surface area contributed by atoms with Gasteiger partial charge in [-0.05, 0) is 25.7 Å². The molecule has 1 aliphatic rings. The molecule has 2 heterocycles. The second kappa shape index (κ2) is 7.22. The summed E-state index contributed by atoms with van der Waals surface area (Å²) < 4.78 is 5.02. The lowest BCUT2D eigenvalue weighted by molar-refractivity contribution is 0.199. The number of aromatic nitrogens is 1. The molecule has 0 aliphatic carbocycles. The highest BCUT2D eigenvalue weighted by atomic mass is 32.1. The van der Waals surface area contributed by atoms with Gasteiger partial charge in [-0.1, -0.05) is 6.92 Å². The summed E-state index contributed by atoms with van der Waals surface area (Å²) in [7, 11) is 1.72. The van der Waals surface area contributed by atoms with E-state index in [1.165, 1.54) is 18.0 Å². The molecule has 0 radical (unpaired) electrons. The predicted octanol–water partition coefficient (Wildman–Crippen LogP) is 2.50. The Morgan fingerprint density at radius 2 is 2.37 bits per heavy atom. The number of methoxy groups -OCH3 is 1. The fourth-order valence-corrected chi connectivity index (χ4v) is 3.55. The van der Waals surface area contributed by atoms with Crippen molar-refractivity contribution in [3.63, 3.8) is 0 Å². The lowest BCUT2D eigenvalue weighted by Crippen LogP contribution is -2.40. The van der Waals surface area contributed by atoms with Gasteiger partial charge in [-0.15, -0.1) is 11.3 Å². The van der Waals surface area contributed by atoms with Crippen LogP contribution in [0.5, 0.6) is 0 Å². The Morgan fingerprint density at radius 1 is 1.53 bits per heavy atom. The van der Waals surface area contributed by atoms with Crippen molar-refractivity contribution < 1.29 is 4.74 Å². The monoisotopic (exact) mass is 283 g/mol. The average Bonchev–Trinajstić information content (AvgIpc) is 2.83. The number of anilines is 1. The Morgan fingerprint density at radius 3 is 3.11 bits per heavy atom. The molecular formula is C14H25N3OS. The number of ether oxygens (including phenoxy) is 1. The van der Waals surface area contributed by atoms with Gasteiger partial charge in [0.25, 0.3) is 0 Å². The first kappa shape index (κ1) is 14.8. The van der Waals surface area contributed by atoms with Crippen LogP contribution in [0.15, 0.2) is 5.38 Å². The second-order valence-electron chi connectivity index (χ2n) is 5.46. The molecule has 0 saturated carbocycles. The fraction of sp³-hybridized carbons (Fsp3) is 0.786. The zero-order chi connectivity index (χ0) is 13.7. The maximum Gasteiger partial charge on any atom is 0.185 e. The van der Waals surface area contributed by atoms with E-state index in [0.29, 0.717) is 6.04 Å². The van der Waals surface area contributed by atoms with E-state index in [1.54, 1.807) is 18.4 Å². The lowest BCUT2D eigenvalue weighted by atomic mass is 9.94. The molecule has 0 amide bonds. The maximum absolute atomic E-state index is 5.02. The molecular weight excluding hydrogens is 258 g/mol. The summed E-state index contributed by atoms with van der Waals surface area (Å²) in [5.74, 6) is 0.849. The van der Waals surface area contributed by atoms with E-state index in [-0.39, 0.29) is 0 Å². The molecule has 2 rings (SSSR count). The first-order valence-electron chi connectivity index (χ1n) is 7.11. The first-order valence-corrected chi connectivity index (χ1v) is 7.99. The first-order chi connectivity index (χ1) is 9.20. The van der Waals surface area contributed by atoms with Crippen molar-refractivity contribution in [1.82, 2.24) is 10.3 Å². The van der Waals surface area contributed by atoms with Crippen molar-refractivity contribution in [3.8, 4) is 0 Å². The summed E-state index contributed by atoms with van der Waals surface area (Å²) in [6.45, 7) is 8.26. The van der Waals surface area contributed by atoms with Gasteiger partial charge in [0.05, 0.1) is 12.3 Å². The topological polar surface area (TPSA) is 37.4 Å². The Hall–Kier alpha value is -0.650. The second-order valence-corrected chi connectivity index (χ2v) is 6.30. The van der Waals surface area contributed by atoms with E-state index in [2.05, 4.69) is 29.4 Å². The number of rotatable bonds is 6. The average molecular weight is 283 g/mol. The number of nitrogens with zero attached hydrogens (tertiary/aromatic N) is 2. The van der Waals surface area contributed by atoms with Gasteiger partial charge in [-0.25, -0.2) is 4.98 Å². The summed E-state index contributed by atoms with van der Waals surface area (Å²) >= 11 is 1.77. The quantitative estimate of drug-likeness (QED) is 0.814. The SMILES string of the molecule is COCCNCc1csc(N2CCC(C)CC2C)n1. The van der Waals surface area contributed by atoms with Gasteiger partial charge in [-0.2, -0.15) is 0 Å². The molecule has 2 atom stereocenters. The van der Waals surface area contributed by atoms with Crippen LogP contribution in [0, 0.1) is 5.92 Å². The van der Waals surface area contributed by atoms with E-state index in [9.17, 15) is 0 Å². The number of piperidine rings is 1. The van der Waals surface area contributed by atoms with E-state index >= 15 is 0 Å². The third-order valence-electron chi connectivity index (χ3n) is 3.71. The number of hydrogen-bond donors (Lipinski definition) is 1. The third kappa shape index (κ3) is 4.16. The van der Waals surface area contributed by atoms with Crippen LogP contribution in [-0.2, 0) is 11.3 Å². The third-order valence-corrected chi connectivity index (χ3v) is 4.64. The summed E-state index contributed by atoms with van der Waals surface area (Å²) in [5.41, 5.74) is 1.14. The Balaban J connectivity index is 1.86. The highest BCUT2D eigenvalue weighted by Gasteiger charge is 2.24. The molecule has 19 heavy (non-hydrogen) atoms. The molecule has 1 N–H and O–H groups in total. The van der Waals surface area contributed by atoms with Crippen LogP contribution in [0.1, 0.15) is 32.4 Å². The van der Waals surface area contributed by atoms with Crippen molar-refractivity contribution >= 4 is 16.5 Å². The summed E-state index contributed by atoms with van der Waals surface area (Å²) in [6, 6.07) is 0.615. The minimum atomic E-state index is 0.615. The van der Waals surface area contributed by atoms with Gasteiger partial charge in [0.2, 0.25) is 0 Å². The molecule has 2 unspecified atom stereocenters. The van der Waals surface area contributed by atoms with E-state index in [0.717, 1.165) is 37.9 Å². The van der Waals surface area contributed by atoms with Crippen molar-refractivity contribution in [3.05, 3.63) is 11.1 Å². The minimum absolute atomic E-state index is 0.615. The molecule has 0 aromatic carbocycles. The van der Waals surface area contributed by atoms with Gasteiger partial charge < -0.3 is 15.0 Å². The molecule has 1 aromatic rings. The van der Waals surface area contributed by atoms with E-state index < -0.39 is 0 Å². The van der Waals surface area contributed by atoms with Crippen molar-refractivity contribution in [2.24, 2.45) is 5.92 Å². The van der Waals surface area contributed by atoms with Gasteiger partial charge in [-0.3, -0.25) is 0 Å².